The molecule has 0 aliphatic rings. The summed E-state index contributed by atoms with van der Waals surface area (Å²) in [6.07, 6.45) is 0. The van der Waals surface area contributed by atoms with E-state index in [1.165, 1.54) is 13.2 Å². The molecule has 0 aliphatic heterocycles. The molecule has 1 aromatic heterocycles. The molecule has 0 saturated carbocycles. The van der Waals surface area contributed by atoms with Gasteiger partial charge in [-0.2, -0.15) is 4.98 Å². The van der Waals surface area contributed by atoms with Gasteiger partial charge in [0, 0.05) is 5.56 Å². The molecule has 1 aromatic carbocycles. The third-order valence-corrected chi connectivity index (χ3v) is 3.07. The highest BCUT2D eigenvalue weighted by Crippen LogP contribution is 2.31. The number of ether oxygens (including phenoxy) is 1. The third kappa shape index (κ3) is 2.54. The lowest BCUT2D eigenvalue weighted by molar-refractivity contribution is 0.0690. The summed E-state index contributed by atoms with van der Waals surface area (Å²) in [5.74, 6) is -0.670. The maximum Gasteiger partial charge on any atom is 0.352 e. The van der Waals surface area contributed by atoms with Crippen LogP contribution in [0.15, 0.2) is 23.0 Å². The van der Waals surface area contributed by atoms with E-state index in [-0.39, 0.29) is 11.4 Å². The minimum atomic E-state index is -1.21. The Hall–Kier alpha value is -2.63. The maximum atomic E-state index is 11.5. The molecule has 0 spiro atoms. The molecule has 1 heterocycles. The maximum absolute atomic E-state index is 11.5. The zero-order valence-corrected chi connectivity index (χ0v) is 11.4. The van der Waals surface area contributed by atoms with Crippen molar-refractivity contribution in [1.29, 1.82) is 0 Å². The number of rotatable bonds is 3. The summed E-state index contributed by atoms with van der Waals surface area (Å²) >= 11 is 0. The van der Waals surface area contributed by atoms with Gasteiger partial charge in [-0.25, -0.2) is 9.59 Å². The highest BCUT2D eigenvalue weighted by molar-refractivity contribution is 5.87. The van der Waals surface area contributed by atoms with E-state index in [9.17, 15) is 9.59 Å². The minimum absolute atomic E-state index is 0.208. The summed E-state index contributed by atoms with van der Waals surface area (Å²) in [6.45, 7) is 3.86. The highest BCUT2D eigenvalue weighted by Gasteiger charge is 2.13. The summed E-state index contributed by atoms with van der Waals surface area (Å²) in [5, 5.41) is 8.98. The first-order valence-electron chi connectivity index (χ1n) is 5.92. The van der Waals surface area contributed by atoms with Gasteiger partial charge in [-0.1, -0.05) is 0 Å². The van der Waals surface area contributed by atoms with Crippen LogP contribution in [0.3, 0.4) is 0 Å². The second kappa shape index (κ2) is 5.16. The molecular formula is C14H14N2O4. The van der Waals surface area contributed by atoms with E-state index in [0.717, 1.165) is 11.1 Å². The Balaban J connectivity index is 2.70. The van der Waals surface area contributed by atoms with Crippen molar-refractivity contribution in [3.63, 3.8) is 0 Å². The normalized spacial score (nSPS) is 10.3. The number of carboxylic acids is 1. The Kier molecular flexibility index (Phi) is 3.56. The SMILES string of the molecule is COc1cc(C)c(C)cc1-c1cc(C(=O)O)[nH]c(=O)n1. The number of hydrogen-bond donors (Lipinski definition) is 2. The van der Waals surface area contributed by atoms with Crippen LogP contribution in [0.2, 0.25) is 0 Å². The largest absolute Gasteiger partial charge is 0.496 e. The number of carbonyl (C=O) groups is 1. The fourth-order valence-corrected chi connectivity index (χ4v) is 1.87. The molecule has 0 unspecified atom stereocenters. The molecule has 20 heavy (non-hydrogen) atoms. The van der Waals surface area contributed by atoms with Crippen LogP contribution in [-0.4, -0.2) is 28.2 Å². The van der Waals surface area contributed by atoms with Gasteiger partial charge in [-0.3, -0.25) is 4.98 Å². The van der Waals surface area contributed by atoms with Crippen LogP contribution in [-0.2, 0) is 0 Å². The van der Waals surface area contributed by atoms with Crippen molar-refractivity contribution in [1.82, 2.24) is 9.97 Å². The van der Waals surface area contributed by atoms with E-state index in [4.69, 9.17) is 9.84 Å². The molecule has 0 bridgehead atoms. The van der Waals surface area contributed by atoms with Gasteiger partial charge in [-0.05, 0) is 43.2 Å². The molecule has 0 saturated heterocycles. The molecular weight excluding hydrogens is 260 g/mol. The van der Waals surface area contributed by atoms with Crippen LogP contribution < -0.4 is 10.4 Å². The van der Waals surface area contributed by atoms with Crippen LogP contribution in [0.25, 0.3) is 11.3 Å². The average Bonchev–Trinajstić information content (AvgIpc) is 2.40. The molecule has 0 radical (unpaired) electrons. The molecule has 2 N–H and O–H groups in total. The highest BCUT2D eigenvalue weighted by atomic mass is 16.5. The molecule has 2 aromatic rings. The molecule has 2 rings (SSSR count). The number of nitrogens with one attached hydrogen (secondary N) is 1. The van der Waals surface area contributed by atoms with Crippen LogP contribution in [0.4, 0.5) is 0 Å². The van der Waals surface area contributed by atoms with Crippen molar-refractivity contribution in [2.24, 2.45) is 0 Å². The number of aryl methyl sites for hydroxylation is 2. The smallest absolute Gasteiger partial charge is 0.352 e. The van der Waals surface area contributed by atoms with E-state index in [1.807, 2.05) is 26.0 Å². The predicted molar refractivity (Wildman–Crippen MR) is 73.3 cm³/mol. The first-order chi connectivity index (χ1) is 9.42. The third-order valence-electron chi connectivity index (χ3n) is 3.07. The van der Waals surface area contributed by atoms with Gasteiger partial charge in [-0.15, -0.1) is 0 Å². The molecule has 6 heteroatoms. The van der Waals surface area contributed by atoms with Crippen LogP contribution in [0.1, 0.15) is 21.6 Å². The second-order valence-electron chi connectivity index (χ2n) is 4.43. The summed E-state index contributed by atoms with van der Waals surface area (Å²) in [7, 11) is 1.51. The second-order valence-corrected chi connectivity index (χ2v) is 4.43. The number of aromatic amines is 1. The number of H-pyrrole nitrogens is 1. The van der Waals surface area contributed by atoms with E-state index in [0.29, 0.717) is 11.3 Å². The number of carboxylic acid groups (broad SMARTS) is 1. The van der Waals surface area contributed by atoms with Crippen molar-refractivity contribution < 1.29 is 14.6 Å². The Morgan fingerprint density at radius 2 is 1.90 bits per heavy atom. The van der Waals surface area contributed by atoms with Crippen LogP contribution in [0, 0.1) is 13.8 Å². The summed E-state index contributed by atoms with van der Waals surface area (Å²) in [4.78, 5) is 28.4. The molecule has 0 aliphatic carbocycles. The molecule has 0 atom stereocenters. The van der Waals surface area contributed by atoms with Gasteiger partial charge in [0.1, 0.15) is 11.4 Å². The van der Waals surface area contributed by atoms with E-state index in [2.05, 4.69) is 9.97 Å². The topological polar surface area (TPSA) is 92.3 Å². The van der Waals surface area contributed by atoms with Crippen molar-refractivity contribution in [2.45, 2.75) is 13.8 Å². The standard InChI is InChI=1S/C14H14N2O4/c1-7-4-9(12(20-3)5-8(7)2)10-6-11(13(17)18)16-14(19)15-10/h4-6H,1-3H3,(H,17,18)(H,15,16,19). The molecule has 0 amide bonds. The van der Waals surface area contributed by atoms with Crippen molar-refractivity contribution in [2.75, 3.05) is 7.11 Å². The number of benzene rings is 1. The summed E-state index contributed by atoms with van der Waals surface area (Å²) in [5.41, 5.74) is 1.98. The number of aromatic nitrogens is 2. The van der Waals surface area contributed by atoms with Crippen LogP contribution >= 0.6 is 0 Å². The van der Waals surface area contributed by atoms with Crippen molar-refractivity contribution in [3.05, 3.63) is 45.5 Å². The minimum Gasteiger partial charge on any atom is -0.496 e. The van der Waals surface area contributed by atoms with Crippen molar-refractivity contribution >= 4 is 5.97 Å². The van der Waals surface area contributed by atoms with E-state index >= 15 is 0 Å². The van der Waals surface area contributed by atoms with Gasteiger partial charge < -0.3 is 9.84 Å². The number of methoxy groups -OCH3 is 1. The lowest BCUT2D eigenvalue weighted by Crippen LogP contribution is -2.16. The first-order valence-corrected chi connectivity index (χ1v) is 5.92. The summed E-state index contributed by atoms with van der Waals surface area (Å²) in [6, 6.07) is 4.96. The monoisotopic (exact) mass is 274 g/mol. The summed E-state index contributed by atoms with van der Waals surface area (Å²) < 4.78 is 5.28. The Labute approximate surface area is 115 Å². The van der Waals surface area contributed by atoms with Crippen LogP contribution in [0.5, 0.6) is 5.75 Å². The predicted octanol–water partition coefficient (Wildman–Crippen LogP) is 1.76. The van der Waals surface area contributed by atoms with Gasteiger partial charge in [0.05, 0.1) is 12.8 Å². The zero-order valence-electron chi connectivity index (χ0n) is 11.4. The Morgan fingerprint density at radius 1 is 1.25 bits per heavy atom. The molecule has 104 valence electrons. The lowest BCUT2D eigenvalue weighted by Gasteiger charge is -2.11. The lowest BCUT2D eigenvalue weighted by atomic mass is 10.0. The molecule has 0 fully saturated rings. The molecule has 6 nitrogen and oxygen atoms in total. The number of nitrogens with zero attached hydrogens (tertiary/aromatic N) is 1. The van der Waals surface area contributed by atoms with Gasteiger partial charge in [0.15, 0.2) is 0 Å². The van der Waals surface area contributed by atoms with Gasteiger partial charge in [0.2, 0.25) is 0 Å². The fraction of sp³-hybridized carbons (Fsp3) is 0.214. The first kappa shape index (κ1) is 13.8. The quantitative estimate of drug-likeness (QED) is 0.889. The van der Waals surface area contributed by atoms with Crippen molar-refractivity contribution in [3.8, 4) is 17.0 Å². The number of hydrogen-bond acceptors (Lipinski definition) is 4. The van der Waals surface area contributed by atoms with E-state index < -0.39 is 11.7 Å². The number of aromatic carboxylic acids is 1. The van der Waals surface area contributed by atoms with Gasteiger partial charge >= 0.3 is 11.7 Å². The Bertz CT molecular complexity index is 734. The van der Waals surface area contributed by atoms with Gasteiger partial charge in [0.25, 0.3) is 0 Å². The zero-order chi connectivity index (χ0) is 14.9. The average molecular weight is 274 g/mol. The fourth-order valence-electron chi connectivity index (χ4n) is 1.87. The Morgan fingerprint density at radius 3 is 2.50 bits per heavy atom. The van der Waals surface area contributed by atoms with E-state index in [1.54, 1.807) is 0 Å².